The summed E-state index contributed by atoms with van der Waals surface area (Å²) >= 11 is 3.21. The maximum atomic E-state index is 15.2. The van der Waals surface area contributed by atoms with Crippen molar-refractivity contribution in [2.24, 2.45) is 23.5 Å². The predicted octanol–water partition coefficient (Wildman–Crippen LogP) is 3.27. The van der Waals surface area contributed by atoms with E-state index >= 15 is 9.18 Å². The number of carbonyl (C=O) groups is 8. The molecule has 4 heterocycles. The lowest BCUT2D eigenvalue weighted by atomic mass is 9.77. The van der Waals surface area contributed by atoms with Gasteiger partial charge < -0.3 is 63.3 Å². The molecule has 1 aromatic heterocycles. The Kier molecular flexibility index (Phi) is 24.1. The number of alkyl halides is 1. The van der Waals surface area contributed by atoms with Crippen LogP contribution in [0.15, 0.2) is 48.7 Å². The van der Waals surface area contributed by atoms with Gasteiger partial charge in [0, 0.05) is 72.1 Å². The van der Waals surface area contributed by atoms with Crippen LogP contribution in [-0.4, -0.2) is 161 Å². The molecule has 460 valence electrons. The highest BCUT2D eigenvalue weighted by Crippen LogP contribution is 2.39. The third kappa shape index (κ3) is 18.4. The summed E-state index contributed by atoms with van der Waals surface area (Å²) in [5.41, 5.74) is 8.97. The number of nitrogens with two attached hydrogens (primary N) is 1. The zero-order valence-electron chi connectivity index (χ0n) is 48.0. The highest BCUT2D eigenvalue weighted by atomic mass is 32.2. The van der Waals surface area contributed by atoms with Crippen LogP contribution >= 0.6 is 23.5 Å². The van der Waals surface area contributed by atoms with Crippen LogP contribution in [0.3, 0.4) is 0 Å². The molecule has 4 unspecified atom stereocenters. The number of halogens is 2. The van der Waals surface area contributed by atoms with Crippen LogP contribution in [0.1, 0.15) is 120 Å². The molecular formula is C60H85F2N11O9S2. The van der Waals surface area contributed by atoms with Crippen molar-refractivity contribution in [1.29, 1.82) is 0 Å². The molecule has 20 nitrogen and oxygen atoms in total. The minimum atomic E-state index is -1.40. The zero-order valence-corrected chi connectivity index (χ0v) is 49.7. The number of hydrogen-bond acceptors (Lipinski definition) is 13. The number of fused-ring (bicyclic) bond motifs is 5. The molecule has 2 bridgehead atoms. The summed E-state index contributed by atoms with van der Waals surface area (Å²) in [6, 6.07) is 5.48. The fourth-order valence-corrected chi connectivity index (χ4v) is 14.3. The summed E-state index contributed by atoms with van der Waals surface area (Å²) in [5, 5.41) is 34.0. The minimum absolute atomic E-state index is 0.00617. The monoisotopic (exact) mass is 1210 g/mol. The molecule has 0 radical (unpaired) electrons. The maximum absolute atomic E-state index is 15.2. The number of rotatable bonds is 10. The van der Waals surface area contributed by atoms with Gasteiger partial charge in [-0.1, -0.05) is 24.3 Å². The topological polar surface area (TPSA) is 298 Å². The Morgan fingerprint density at radius 1 is 0.726 bits per heavy atom. The smallest absolute Gasteiger partial charge is 0.245 e. The second kappa shape index (κ2) is 31.5. The van der Waals surface area contributed by atoms with E-state index in [1.165, 1.54) is 24.0 Å². The number of amides is 8. The number of carbonyl (C=O) groups excluding carboxylic acids is 8. The molecule has 2 saturated heterocycles. The van der Waals surface area contributed by atoms with Crippen LogP contribution in [0.2, 0.25) is 0 Å². The molecule has 3 aromatic rings. The lowest BCUT2D eigenvalue weighted by Gasteiger charge is -2.34. The highest BCUT2D eigenvalue weighted by molar-refractivity contribution is 7.98. The lowest BCUT2D eigenvalue weighted by molar-refractivity contribution is -0.143. The SMILES string of the molecule is C[C@@H]1NC(=O)[C@@H]2CCCN2C(=O)[C@H](CC2CNC3CCC(F)CC23)NC(=O)[C@H](Cc2c[nH]c3ccc(F)cc23)NC(=O)CNC(=O)[C@H](CCCCN)NC(=O)CCSCc2cccc(c2)CSCCNC(=O)[C@H](CC2CCC(O)CC2)NC1=O. The van der Waals surface area contributed by atoms with E-state index in [4.69, 9.17) is 5.73 Å². The molecular weight excluding hydrogens is 1120 g/mol. The first-order chi connectivity index (χ1) is 40.5. The third-order valence-corrected chi connectivity index (χ3v) is 19.3. The van der Waals surface area contributed by atoms with E-state index in [0.29, 0.717) is 123 Å². The number of benzene rings is 2. The van der Waals surface area contributed by atoms with Crippen LogP contribution < -0.4 is 48.3 Å². The fraction of sp³-hybridized carbons (Fsp3) is 0.633. The van der Waals surface area contributed by atoms with Crippen LogP contribution in [0.25, 0.3) is 10.9 Å². The zero-order chi connectivity index (χ0) is 59.7. The van der Waals surface area contributed by atoms with Gasteiger partial charge in [-0.15, -0.1) is 0 Å². The molecule has 2 saturated carbocycles. The van der Waals surface area contributed by atoms with Gasteiger partial charge in [0.2, 0.25) is 47.3 Å². The van der Waals surface area contributed by atoms with Gasteiger partial charge >= 0.3 is 0 Å². The van der Waals surface area contributed by atoms with Crippen LogP contribution in [0, 0.1) is 23.6 Å². The Morgan fingerprint density at radius 2 is 1.46 bits per heavy atom. The molecule has 4 fully saturated rings. The molecule has 10 atom stereocenters. The Hall–Kier alpha value is -5.82. The number of hydrogen-bond donors (Lipinski definition) is 11. The van der Waals surface area contributed by atoms with Crippen molar-refractivity contribution in [1.82, 2.24) is 52.4 Å². The first-order valence-corrected chi connectivity index (χ1v) is 32.4. The number of H-pyrrole nitrogens is 1. The van der Waals surface area contributed by atoms with Crippen molar-refractivity contribution in [3.63, 3.8) is 0 Å². The van der Waals surface area contributed by atoms with Crippen molar-refractivity contribution in [2.75, 3.05) is 44.2 Å². The standard InChI is InChI=1S/C60H85F2N11O9S2/c1-35-55(77)71-49(25-36-10-14-43(74)15-11-36)57(79)64-20-23-84-34-38-7-4-6-37(24-38)33-83-22-18-53(75)69-48(8-2-3-19-63)56(78)67-32-54(76)70-50(26-39-30-65-46-16-12-41(61)28-44(39)46)58(80)72-51(60(82)73-21-5-9-52(73)59(81)68-35)27-40-31-66-47-17-13-42(62)29-45(40)47/h4,6-7,12,16,24,28,30,35-36,40,42-43,45,47-52,65-66,74H,2-3,5,8-11,13-15,17-23,25-27,29,31-34,63H2,1H3,(H,64,79)(H,67,78)(H,68,81)(H,69,75)(H,70,76)(H,71,77)(H,72,80)/t35-,36?,40?,42?,43?,45?,47?,48-,49-,50-,51-,52-/m0/s1. The van der Waals surface area contributed by atoms with Gasteiger partial charge in [0.15, 0.2) is 0 Å². The summed E-state index contributed by atoms with van der Waals surface area (Å²) in [4.78, 5) is 118. The quantitative estimate of drug-likeness (QED) is 0.130. The summed E-state index contributed by atoms with van der Waals surface area (Å²) in [6.07, 6.45) is 6.35. The Bertz CT molecular complexity index is 2770. The van der Waals surface area contributed by atoms with E-state index in [1.807, 2.05) is 18.2 Å². The second-order valence-corrected chi connectivity index (χ2v) is 25.7. The van der Waals surface area contributed by atoms with Gasteiger partial charge in [0.1, 0.15) is 48.2 Å². The summed E-state index contributed by atoms with van der Waals surface area (Å²) in [6.45, 7) is 2.21. The summed E-state index contributed by atoms with van der Waals surface area (Å²) in [7, 11) is 0. The number of unbranched alkanes of at least 4 members (excludes halogenated alkanes) is 1. The number of thioether (sulfide) groups is 2. The first-order valence-electron chi connectivity index (χ1n) is 30.1. The Balaban J connectivity index is 1.05. The number of nitrogens with one attached hydrogen (secondary N) is 9. The molecule has 2 aromatic carbocycles. The molecule has 24 heteroatoms. The van der Waals surface area contributed by atoms with E-state index in [2.05, 4.69) is 53.6 Å². The van der Waals surface area contributed by atoms with E-state index in [0.717, 1.165) is 11.1 Å². The molecule has 84 heavy (non-hydrogen) atoms. The average Bonchev–Trinajstić information content (AvgIpc) is 3.40. The van der Waals surface area contributed by atoms with Gasteiger partial charge in [0.25, 0.3) is 0 Å². The van der Waals surface area contributed by atoms with Gasteiger partial charge in [0.05, 0.1) is 12.6 Å². The summed E-state index contributed by atoms with van der Waals surface area (Å²) in [5.74, 6) is -3.15. The maximum Gasteiger partial charge on any atom is 0.245 e. The minimum Gasteiger partial charge on any atom is -0.393 e. The molecule has 2 aliphatic carbocycles. The van der Waals surface area contributed by atoms with Crippen molar-refractivity contribution >= 4 is 81.7 Å². The molecule has 0 spiro atoms. The first kappa shape index (κ1) is 64.2. The number of aliphatic hydroxyl groups excluding tert-OH is 1. The normalized spacial score (nSPS) is 30.1. The van der Waals surface area contributed by atoms with Gasteiger partial charge in [-0.2, -0.15) is 23.5 Å². The molecule has 8 rings (SSSR count). The molecule has 3 aliphatic heterocycles. The van der Waals surface area contributed by atoms with Crippen molar-refractivity contribution in [2.45, 2.75) is 176 Å². The van der Waals surface area contributed by atoms with Gasteiger partial charge in [-0.3, -0.25) is 38.4 Å². The average molecular weight is 1210 g/mol. The largest absolute Gasteiger partial charge is 0.393 e. The van der Waals surface area contributed by atoms with Crippen LogP contribution in [0.5, 0.6) is 0 Å². The summed E-state index contributed by atoms with van der Waals surface area (Å²) < 4.78 is 29.8. The van der Waals surface area contributed by atoms with E-state index < -0.39 is 96.3 Å². The van der Waals surface area contributed by atoms with Crippen molar-refractivity contribution in [3.8, 4) is 0 Å². The molecule has 5 aliphatic rings. The van der Waals surface area contributed by atoms with Crippen LogP contribution in [0.4, 0.5) is 8.78 Å². The van der Waals surface area contributed by atoms with Crippen molar-refractivity contribution < 1.29 is 52.2 Å². The highest BCUT2D eigenvalue weighted by Gasteiger charge is 2.45. The molecule has 8 amide bonds. The fourth-order valence-electron chi connectivity index (χ4n) is 12.6. The molecule has 12 N–H and O–H groups in total. The van der Waals surface area contributed by atoms with Gasteiger partial charge in [-0.05, 0) is 163 Å². The number of aliphatic hydroxyl groups is 1. The van der Waals surface area contributed by atoms with Crippen LogP contribution in [-0.2, 0) is 56.3 Å². The predicted molar refractivity (Wildman–Crippen MR) is 319 cm³/mol. The number of aromatic nitrogens is 1. The van der Waals surface area contributed by atoms with E-state index in [9.17, 15) is 43.1 Å². The van der Waals surface area contributed by atoms with E-state index in [-0.39, 0.29) is 80.7 Å². The third-order valence-electron chi connectivity index (χ3n) is 17.2. The second-order valence-electron chi connectivity index (χ2n) is 23.5. The van der Waals surface area contributed by atoms with Gasteiger partial charge in [-0.25, -0.2) is 8.78 Å². The van der Waals surface area contributed by atoms with E-state index in [1.54, 1.807) is 35.8 Å². The lowest BCUT2D eigenvalue weighted by Crippen LogP contribution is -2.59. The Labute approximate surface area is 498 Å². The Morgan fingerprint density at radius 3 is 2.24 bits per heavy atom. The van der Waals surface area contributed by atoms with Crippen molar-refractivity contribution in [3.05, 3.63) is 71.2 Å². The number of aromatic amines is 1. The number of nitrogens with zero attached hydrogens (tertiary/aromatic N) is 1.